The van der Waals surface area contributed by atoms with Gasteiger partial charge in [-0.3, -0.25) is 9.59 Å². The number of rotatable bonds is 7. The van der Waals surface area contributed by atoms with Crippen molar-refractivity contribution >= 4 is 51.7 Å². The minimum atomic E-state index is -1.09. The van der Waals surface area contributed by atoms with E-state index >= 15 is 0 Å². The molecular weight excluding hydrogens is 472 g/mol. The average Bonchev–Trinajstić information content (AvgIpc) is 2.86. The summed E-state index contributed by atoms with van der Waals surface area (Å²) in [6.07, 6.45) is 0. The average molecular weight is 499 g/mol. The summed E-state index contributed by atoms with van der Waals surface area (Å²) in [6, 6.07) is 23.2. The molecule has 0 aliphatic rings. The zero-order valence-electron chi connectivity index (χ0n) is 20.2. The summed E-state index contributed by atoms with van der Waals surface area (Å²) in [4.78, 5) is 38.3. The first-order chi connectivity index (χ1) is 17.2. The van der Waals surface area contributed by atoms with Gasteiger partial charge in [0.25, 0.3) is 5.91 Å². The molecule has 0 aliphatic carbocycles. The molecule has 182 valence electrons. The van der Waals surface area contributed by atoms with Crippen LogP contribution in [-0.4, -0.2) is 28.1 Å². The van der Waals surface area contributed by atoms with Gasteiger partial charge in [-0.05, 0) is 73.7 Å². The Bertz CT molecular complexity index is 1440. The van der Waals surface area contributed by atoms with Gasteiger partial charge in [0.2, 0.25) is 5.91 Å². The number of carbonyl (C=O) groups excluding carboxylic acids is 2. The van der Waals surface area contributed by atoms with E-state index in [1.807, 2.05) is 51.1 Å². The number of nitrogens with one attached hydrogen (secondary N) is 2. The summed E-state index contributed by atoms with van der Waals surface area (Å²) in [5.74, 6) is -1.56. The third-order valence-electron chi connectivity index (χ3n) is 5.90. The van der Waals surface area contributed by atoms with Crippen molar-refractivity contribution in [3.63, 3.8) is 0 Å². The van der Waals surface area contributed by atoms with Crippen LogP contribution < -0.4 is 10.6 Å². The molecule has 7 heteroatoms. The van der Waals surface area contributed by atoms with Crippen LogP contribution in [0.3, 0.4) is 0 Å². The molecule has 0 fully saturated rings. The fourth-order valence-electron chi connectivity index (χ4n) is 4.02. The summed E-state index contributed by atoms with van der Waals surface area (Å²) in [7, 11) is 0. The molecule has 0 radical (unpaired) electrons. The van der Waals surface area contributed by atoms with Crippen molar-refractivity contribution in [2.45, 2.75) is 30.9 Å². The number of carbonyl (C=O) groups is 3. The predicted octanol–water partition coefficient (Wildman–Crippen LogP) is 6.53. The molecule has 1 atom stereocenters. The highest BCUT2D eigenvalue weighted by Gasteiger charge is 2.18. The Balaban J connectivity index is 1.45. The van der Waals surface area contributed by atoms with Crippen molar-refractivity contribution in [3.8, 4) is 0 Å². The van der Waals surface area contributed by atoms with Crippen LogP contribution in [0.15, 0.2) is 83.8 Å². The topological polar surface area (TPSA) is 95.5 Å². The minimum absolute atomic E-state index is 0.0816. The summed E-state index contributed by atoms with van der Waals surface area (Å²) < 4.78 is 0. The van der Waals surface area contributed by atoms with Crippen LogP contribution >= 0.6 is 11.8 Å². The zero-order chi connectivity index (χ0) is 25.8. The van der Waals surface area contributed by atoms with Crippen LogP contribution in [-0.2, 0) is 4.79 Å². The van der Waals surface area contributed by atoms with Crippen molar-refractivity contribution in [2.75, 3.05) is 10.6 Å². The maximum Gasteiger partial charge on any atom is 0.336 e. The standard InChI is InChI=1S/C29H26N2O4S/c1-17-7-4-8-18(2)26(17)31-27(32)19(3)36-22-15-13-21(14-16-22)30-28(33)23-11-5-9-20-10-6-12-24(25(20)23)29(34)35/h4-16,19H,1-3H3,(H,30,33)(H,31,32)(H,34,35). The first-order valence-electron chi connectivity index (χ1n) is 11.4. The number of aryl methyl sites for hydroxylation is 2. The Kier molecular flexibility index (Phi) is 7.41. The third kappa shape index (κ3) is 5.42. The number of para-hydroxylation sites is 1. The van der Waals surface area contributed by atoms with E-state index in [0.29, 0.717) is 22.0 Å². The molecule has 0 heterocycles. The first-order valence-corrected chi connectivity index (χ1v) is 12.3. The quantitative estimate of drug-likeness (QED) is 0.252. The lowest BCUT2D eigenvalue weighted by Crippen LogP contribution is -2.23. The van der Waals surface area contributed by atoms with E-state index < -0.39 is 11.9 Å². The number of hydrogen-bond donors (Lipinski definition) is 3. The van der Waals surface area contributed by atoms with Gasteiger partial charge in [0.15, 0.2) is 0 Å². The second-order valence-electron chi connectivity index (χ2n) is 8.51. The number of carboxylic acids is 1. The van der Waals surface area contributed by atoms with E-state index in [1.165, 1.54) is 17.8 Å². The van der Waals surface area contributed by atoms with Crippen LogP contribution in [0.4, 0.5) is 11.4 Å². The Hall–Kier alpha value is -4.10. The predicted molar refractivity (Wildman–Crippen MR) is 145 cm³/mol. The molecule has 4 aromatic carbocycles. The molecule has 0 aromatic heterocycles. The van der Waals surface area contributed by atoms with Crippen LogP contribution in [0.1, 0.15) is 38.8 Å². The van der Waals surface area contributed by atoms with Gasteiger partial charge in [-0.25, -0.2) is 4.79 Å². The fraction of sp³-hybridized carbons (Fsp3) is 0.138. The Morgan fingerprint density at radius 2 is 1.36 bits per heavy atom. The minimum Gasteiger partial charge on any atom is -0.478 e. The maximum atomic E-state index is 13.0. The van der Waals surface area contributed by atoms with Crippen molar-refractivity contribution in [1.29, 1.82) is 0 Å². The monoisotopic (exact) mass is 498 g/mol. The number of amides is 2. The number of benzene rings is 4. The van der Waals surface area contributed by atoms with Crippen molar-refractivity contribution in [2.24, 2.45) is 0 Å². The third-order valence-corrected chi connectivity index (χ3v) is 7.02. The lowest BCUT2D eigenvalue weighted by molar-refractivity contribution is -0.115. The Labute approximate surface area is 213 Å². The second kappa shape index (κ2) is 10.7. The van der Waals surface area contributed by atoms with E-state index in [4.69, 9.17) is 0 Å². The molecule has 1 unspecified atom stereocenters. The summed E-state index contributed by atoms with van der Waals surface area (Å²) in [5.41, 5.74) is 3.82. The van der Waals surface area contributed by atoms with Gasteiger partial charge in [0.1, 0.15) is 0 Å². The highest BCUT2D eigenvalue weighted by Crippen LogP contribution is 2.28. The second-order valence-corrected chi connectivity index (χ2v) is 9.92. The van der Waals surface area contributed by atoms with E-state index in [1.54, 1.807) is 42.5 Å². The lowest BCUT2D eigenvalue weighted by atomic mass is 9.98. The van der Waals surface area contributed by atoms with Gasteiger partial charge in [-0.15, -0.1) is 11.8 Å². The number of hydrogen-bond acceptors (Lipinski definition) is 4. The Morgan fingerprint density at radius 1 is 0.778 bits per heavy atom. The molecule has 36 heavy (non-hydrogen) atoms. The van der Waals surface area contributed by atoms with Gasteiger partial charge < -0.3 is 15.7 Å². The summed E-state index contributed by atoms with van der Waals surface area (Å²) in [5, 5.41) is 16.2. The van der Waals surface area contributed by atoms with E-state index in [-0.39, 0.29) is 16.7 Å². The molecule has 2 amide bonds. The molecule has 6 nitrogen and oxygen atoms in total. The van der Waals surface area contributed by atoms with Crippen molar-refractivity contribution < 1.29 is 19.5 Å². The van der Waals surface area contributed by atoms with E-state index in [2.05, 4.69) is 10.6 Å². The molecule has 4 aromatic rings. The molecule has 3 N–H and O–H groups in total. The number of anilines is 2. The van der Waals surface area contributed by atoms with Gasteiger partial charge in [-0.2, -0.15) is 0 Å². The molecule has 4 rings (SSSR count). The van der Waals surface area contributed by atoms with Crippen LogP contribution in [0.2, 0.25) is 0 Å². The van der Waals surface area contributed by atoms with Gasteiger partial charge in [0, 0.05) is 27.2 Å². The Morgan fingerprint density at radius 3 is 1.97 bits per heavy atom. The van der Waals surface area contributed by atoms with Crippen LogP contribution in [0.25, 0.3) is 10.8 Å². The van der Waals surface area contributed by atoms with Crippen LogP contribution in [0, 0.1) is 13.8 Å². The number of fused-ring (bicyclic) bond motifs is 1. The SMILES string of the molecule is Cc1cccc(C)c1NC(=O)C(C)Sc1ccc(NC(=O)c2cccc3cccc(C(=O)O)c23)cc1. The van der Waals surface area contributed by atoms with Gasteiger partial charge in [-0.1, -0.05) is 42.5 Å². The normalized spacial score (nSPS) is 11.6. The largest absolute Gasteiger partial charge is 0.478 e. The molecular formula is C29H26N2O4S. The number of thioether (sulfide) groups is 1. The fourth-order valence-corrected chi connectivity index (χ4v) is 4.89. The molecule has 0 bridgehead atoms. The number of carboxylic acid groups (broad SMARTS) is 1. The molecule has 0 saturated heterocycles. The number of aromatic carboxylic acids is 1. The van der Waals surface area contributed by atoms with Crippen molar-refractivity contribution in [3.05, 3.63) is 101 Å². The molecule has 0 aliphatic heterocycles. The first kappa shape index (κ1) is 25.0. The maximum absolute atomic E-state index is 13.0. The zero-order valence-corrected chi connectivity index (χ0v) is 21.0. The highest BCUT2D eigenvalue weighted by atomic mass is 32.2. The molecule has 0 saturated carbocycles. The molecule has 0 spiro atoms. The smallest absolute Gasteiger partial charge is 0.336 e. The van der Waals surface area contributed by atoms with E-state index in [9.17, 15) is 19.5 Å². The highest BCUT2D eigenvalue weighted by molar-refractivity contribution is 8.00. The summed E-state index contributed by atoms with van der Waals surface area (Å²) >= 11 is 1.42. The van der Waals surface area contributed by atoms with Gasteiger partial charge in [0.05, 0.1) is 10.8 Å². The van der Waals surface area contributed by atoms with E-state index in [0.717, 1.165) is 21.7 Å². The lowest BCUT2D eigenvalue weighted by Gasteiger charge is -2.15. The summed E-state index contributed by atoms with van der Waals surface area (Å²) in [6.45, 7) is 5.78. The van der Waals surface area contributed by atoms with Gasteiger partial charge >= 0.3 is 5.97 Å². The van der Waals surface area contributed by atoms with Crippen molar-refractivity contribution in [1.82, 2.24) is 0 Å². The van der Waals surface area contributed by atoms with Crippen LogP contribution in [0.5, 0.6) is 0 Å².